The quantitative estimate of drug-likeness (QED) is 0.646. The number of nitrogens with one attached hydrogen (secondary N) is 1. The molecule has 1 aliphatic carbocycles. The Labute approximate surface area is 116 Å². The molecule has 0 bridgehead atoms. The van der Waals surface area contributed by atoms with Gasteiger partial charge >= 0.3 is 0 Å². The number of benzene rings is 1. The Balaban J connectivity index is 2.23. The molecule has 1 atom stereocenters. The fraction of sp³-hybridized carbons (Fsp3) is 0.625. The molecule has 0 aliphatic heterocycles. The number of ether oxygens (including phenoxy) is 1. The van der Waals surface area contributed by atoms with Crippen LogP contribution in [0.3, 0.4) is 0 Å². The van der Waals surface area contributed by atoms with E-state index < -0.39 is 0 Å². The van der Waals surface area contributed by atoms with Gasteiger partial charge in [0.1, 0.15) is 5.75 Å². The first-order valence-corrected chi connectivity index (χ1v) is 7.26. The van der Waals surface area contributed by atoms with Crippen molar-refractivity contribution in [3.8, 4) is 5.75 Å². The van der Waals surface area contributed by atoms with Gasteiger partial charge in [-0.1, -0.05) is 37.5 Å². The van der Waals surface area contributed by atoms with Crippen LogP contribution in [-0.2, 0) is 0 Å². The normalized spacial score (nSPS) is 25.1. The van der Waals surface area contributed by atoms with Crippen molar-refractivity contribution in [1.29, 1.82) is 0 Å². The van der Waals surface area contributed by atoms with E-state index in [0.717, 1.165) is 11.7 Å². The lowest BCUT2D eigenvalue weighted by molar-refractivity contribution is 0.229. The van der Waals surface area contributed by atoms with Crippen LogP contribution in [0.25, 0.3) is 0 Å². The van der Waals surface area contributed by atoms with Gasteiger partial charge in [-0.05, 0) is 37.7 Å². The summed E-state index contributed by atoms with van der Waals surface area (Å²) in [5.74, 6) is 8.24. The van der Waals surface area contributed by atoms with E-state index in [-0.39, 0.29) is 6.04 Å². The molecule has 2 rings (SSSR count). The number of nitrogens with two attached hydrogens (primary N) is 1. The van der Waals surface area contributed by atoms with E-state index in [0.29, 0.717) is 5.92 Å². The van der Waals surface area contributed by atoms with Crippen molar-refractivity contribution in [2.24, 2.45) is 17.7 Å². The maximum atomic E-state index is 5.84. The number of hydrogen-bond acceptors (Lipinski definition) is 3. The highest BCUT2D eigenvalue weighted by atomic mass is 16.5. The average Bonchev–Trinajstić information content (AvgIpc) is 2.42. The Kier molecular flexibility index (Phi) is 4.83. The third-order valence-corrected chi connectivity index (χ3v) is 4.43. The fourth-order valence-corrected chi connectivity index (χ4v) is 3.20. The third-order valence-electron chi connectivity index (χ3n) is 4.43. The molecule has 19 heavy (non-hydrogen) atoms. The van der Waals surface area contributed by atoms with Crippen LogP contribution < -0.4 is 16.0 Å². The van der Waals surface area contributed by atoms with Crippen LogP contribution in [0.2, 0.25) is 0 Å². The predicted octanol–water partition coefficient (Wildman–Crippen LogP) is 3.33. The molecule has 1 aromatic rings. The second-order valence-corrected chi connectivity index (χ2v) is 5.91. The molecule has 106 valence electrons. The molecule has 1 aromatic carbocycles. The minimum Gasteiger partial charge on any atom is -0.496 e. The lowest BCUT2D eigenvalue weighted by Gasteiger charge is -2.33. The van der Waals surface area contributed by atoms with Gasteiger partial charge in [0.2, 0.25) is 0 Å². The molecule has 0 amide bonds. The highest BCUT2D eigenvalue weighted by Crippen LogP contribution is 2.39. The maximum absolute atomic E-state index is 5.84. The zero-order chi connectivity index (χ0) is 13.8. The average molecular weight is 262 g/mol. The zero-order valence-corrected chi connectivity index (χ0v) is 12.3. The van der Waals surface area contributed by atoms with E-state index in [1.54, 1.807) is 7.11 Å². The second kappa shape index (κ2) is 6.40. The van der Waals surface area contributed by atoms with Crippen molar-refractivity contribution in [3.05, 3.63) is 29.3 Å². The zero-order valence-electron chi connectivity index (χ0n) is 12.3. The molecule has 1 unspecified atom stereocenters. The Morgan fingerprint density at radius 3 is 2.53 bits per heavy atom. The van der Waals surface area contributed by atoms with Crippen LogP contribution >= 0.6 is 0 Å². The Morgan fingerprint density at radius 1 is 1.26 bits per heavy atom. The summed E-state index contributed by atoms with van der Waals surface area (Å²) in [6.07, 6.45) is 5.09. The molecule has 1 saturated carbocycles. The van der Waals surface area contributed by atoms with Gasteiger partial charge in [-0.3, -0.25) is 11.3 Å². The number of aryl methyl sites for hydroxylation is 1. The monoisotopic (exact) mass is 262 g/mol. The van der Waals surface area contributed by atoms with Gasteiger partial charge in [0.25, 0.3) is 0 Å². The van der Waals surface area contributed by atoms with E-state index in [2.05, 4.69) is 31.4 Å². The van der Waals surface area contributed by atoms with Gasteiger partial charge in [0.05, 0.1) is 13.2 Å². The standard InChI is InChI=1S/C16H26N2O/c1-11-4-7-13(8-5-11)16(18-17)14-10-12(2)6-9-15(14)19-3/h6,9-11,13,16,18H,4-5,7-8,17H2,1-3H3. The van der Waals surface area contributed by atoms with Crippen molar-refractivity contribution < 1.29 is 4.74 Å². The van der Waals surface area contributed by atoms with Crippen molar-refractivity contribution in [2.75, 3.05) is 7.11 Å². The maximum Gasteiger partial charge on any atom is 0.123 e. The summed E-state index contributed by atoms with van der Waals surface area (Å²) in [6, 6.07) is 6.52. The Hall–Kier alpha value is -1.06. The molecule has 3 heteroatoms. The second-order valence-electron chi connectivity index (χ2n) is 5.91. The number of hydrogen-bond donors (Lipinski definition) is 2. The van der Waals surface area contributed by atoms with Crippen LogP contribution in [0.15, 0.2) is 18.2 Å². The molecular weight excluding hydrogens is 236 g/mol. The largest absolute Gasteiger partial charge is 0.496 e. The van der Waals surface area contributed by atoms with Crippen molar-refractivity contribution in [2.45, 2.75) is 45.6 Å². The van der Waals surface area contributed by atoms with E-state index >= 15 is 0 Å². The summed E-state index contributed by atoms with van der Waals surface area (Å²) in [6.45, 7) is 4.45. The summed E-state index contributed by atoms with van der Waals surface area (Å²) >= 11 is 0. The molecule has 1 aliphatic rings. The van der Waals surface area contributed by atoms with Crippen LogP contribution in [0.1, 0.15) is 49.8 Å². The fourth-order valence-electron chi connectivity index (χ4n) is 3.20. The molecule has 3 N–H and O–H groups in total. The van der Waals surface area contributed by atoms with Crippen LogP contribution in [-0.4, -0.2) is 7.11 Å². The first kappa shape index (κ1) is 14.4. The van der Waals surface area contributed by atoms with Gasteiger partial charge in [0.15, 0.2) is 0 Å². The molecule has 3 nitrogen and oxygen atoms in total. The van der Waals surface area contributed by atoms with E-state index in [1.807, 2.05) is 6.07 Å². The number of rotatable bonds is 4. The third kappa shape index (κ3) is 3.28. The van der Waals surface area contributed by atoms with E-state index in [4.69, 9.17) is 10.6 Å². The first-order chi connectivity index (χ1) is 9.15. The van der Waals surface area contributed by atoms with Crippen LogP contribution in [0, 0.1) is 18.8 Å². The highest BCUT2D eigenvalue weighted by Gasteiger charge is 2.28. The predicted molar refractivity (Wildman–Crippen MR) is 78.9 cm³/mol. The molecule has 0 spiro atoms. The summed E-state index contributed by atoms with van der Waals surface area (Å²) in [5.41, 5.74) is 5.47. The van der Waals surface area contributed by atoms with Gasteiger partial charge < -0.3 is 4.74 Å². The van der Waals surface area contributed by atoms with Gasteiger partial charge in [-0.25, -0.2) is 0 Å². The van der Waals surface area contributed by atoms with Crippen molar-refractivity contribution >= 4 is 0 Å². The lowest BCUT2D eigenvalue weighted by atomic mass is 9.77. The van der Waals surface area contributed by atoms with Gasteiger partial charge in [-0.15, -0.1) is 0 Å². The van der Waals surface area contributed by atoms with Crippen LogP contribution in [0.5, 0.6) is 5.75 Å². The molecule has 1 fully saturated rings. The molecule has 0 aromatic heterocycles. The van der Waals surface area contributed by atoms with E-state index in [1.165, 1.54) is 36.8 Å². The number of hydrazine groups is 1. The van der Waals surface area contributed by atoms with Gasteiger partial charge in [-0.2, -0.15) is 0 Å². The van der Waals surface area contributed by atoms with E-state index in [9.17, 15) is 0 Å². The summed E-state index contributed by atoms with van der Waals surface area (Å²) in [5, 5.41) is 0. The lowest BCUT2D eigenvalue weighted by Crippen LogP contribution is -2.35. The molecule has 0 saturated heterocycles. The smallest absolute Gasteiger partial charge is 0.123 e. The summed E-state index contributed by atoms with van der Waals surface area (Å²) < 4.78 is 5.50. The molecule has 0 radical (unpaired) electrons. The Morgan fingerprint density at radius 2 is 1.95 bits per heavy atom. The summed E-state index contributed by atoms with van der Waals surface area (Å²) in [7, 11) is 1.73. The van der Waals surface area contributed by atoms with Crippen molar-refractivity contribution in [3.63, 3.8) is 0 Å². The molecular formula is C16H26N2O. The minimum atomic E-state index is 0.197. The van der Waals surface area contributed by atoms with Crippen LogP contribution in [0.4, 0.5) is 0 Å². The minimum absolute atomic E-state index is 0.197. The molecule has 0 heterocycles. The topological polar surface area (TPSA) is 47.3 Å². The number of methoxy groups -OCH3 is 1. The SMILES string of the molecule is COc1ccc(C)cc1C(NN)C1CCC(C)CC1. The summed E-state index contributed by atoms with van der Waals surface area (Å²) in [4.78, 5) is 0. The highest BCUT2D eigenvalue weighted by molar-refractivity contribution is 5.39. The first-order valence-electron chi connectivity index (χ1n) is 7.26. The van der Waals surface area contributed by atoms with Gasteiger partial charge in [0, 0.05) is 5.56 Å². The van der Waals surface area contributed by atoms with Crippen molar-refractivity contribution in [1.82, 2.24) is 5.43 Å². The Bertz CT molecular complexity index is 411.